The van der Waals surface area contributed by atoms with E-state index in [4.69, 9.17) is 0 Å². The molecule has 0 aromatic carbocycles. The summed E-state index contributed by atoms with van der Waals surface area (Å²) in [6, 6.07) is 1.10. The topological polar surface area (TPSA) is 38.8 Å². The molecule has 1 aliphatic heterocycles. The molecule has 24 heavy (non-hydrogen) atoms. The molecule has 3 atom stereocenters. The molecule has 1 saturated carbocycles. The quantitative estimate of drug-likeness (QED) is 0.837. The van der Waals surface area contributed by atoms with Gasteiger partial charge in [0.25, 0.3) is 0 Å². The van der Waals surface area contributed by atoms with Gasteiger partial charge in [-0.25, -0.2) is 4.79 Å². The third-order valence-electron chi connectivity index (χ3n) is 6.46. The van der Waals surface area contributed by atoms with Gasteiger partial charge >= 0.3 is 6.03 Å². The van der Waals surface area contributed by atoms with E-state index in [1.807, 2.05) is 11.9 Å². The molecule has 140 valence electrons. The Bertz CT molecular complexity index is 395. The average Bonchev–Trinajstić information content (AvgIpc) is 2.57. The highest BCUT2D eigenvalue weighted by Crippen LogP contribution is 2.29. The second-order valence-electron chi connectivity index (χ2n) is 8.26. The molecule has 1 N–H and O–H groups in total. The molecule has 0 spiro atoms. The number of hydrogen-bond donors (Lipinski definition) is 1. The fraction of sp³-hybridized carbons (Fsp3) is 0.947. The lowest BCUT2D eigenvalue weighted by Gasteiger charge is -2.37. The molecular weight excluding hydrogens is 300 g/mol. The molecule has 1 aliphatic carbocycles. The highest BCUT2D eigenvalue weighted by molar-refractivity contribution is 5.74. The number of nitrogens with one attached hydrogen (secondary N) is 1. The van der Waals surface area contributed by atoms with Gasteiger partial charge in [0, 0.05) is 32.2 Å². The minimum absolute atomic E-state index is 0.0951. The highest BCUT2D eigenvalue weighted by Gasteiger charge is 2.29. The monoisotopic (exact) mass is 338 g/mol. The van der Waals surface area contributed by atoms with E-state index >= 15 is 0 Å². The Hall–Kier alpha value is -0.810. The van der Waals surface area contributed by atoms with E-state index in [1.54, 1.807) is 0 Å². The van der Waals surface area contributed by atoms with Gasteiger partial charge in [-0.1, -0.05) is 26.7 Å². The molecule has 2 aliphatic rings. The summed E-state index contributed by atoms with van der Waals surface area (Å²) in [5.41, 5.74) is 0. The van der Waals surface area contributed by atoms with Crippen molar-refractivity contribution in [2.75, 3.05) is 47.3 Å². The lowest BCUT2D eigenvalue weighted by atomic mass is 9.78. The molecule has 5 nitrogen and oxygen atoms in total. The van der Waals surface area contributed by atoms with E-state index in [2.05, 4.69) is 43.1 Å². The van der Waals surface area contributed by atoms with Crippen molar-refractivity contribution < 1.29 is 4.79 Å². The fourth-order valence-corrected chi connectivity index (χ4v) is 4.08. The van der Waals surface area contributed by atoms with Crippen LogP contribution in [0.5, 0.6) is 0 Å². The van der Waals surface area contributed by atoms with Crippen molar-refractivity contribution in [1.29, 1.82) is 0 Å². The average molecular weight is 339 g/mol. The first-order valence-corrected chi connectivity index (χ1v) is 9.79. The standard InChI is InChI=1S/C19H38N4O/c1-15-7-6-8-18(16(15)2)20-19(24)23(5)14-13-22(4)17-9-11-21(3)12-10-17/h15-18H,6-14H2,1-5H3,(H,20,24)/t15-,16-,18-/m1/s1. The van der Waals surface area contributed by atoms with Crippen LogP contribution in [-0.4, -0.2) is 80.1 Å². The number of rotatable bonds is 5. The van der Waals surface area contributed by atoms with Crippen molar-refractivity contribution in [3.63, 3.8) is 0 Å². The van der Waals surface area contributed by atoms with Gasteiger partial charge < -0.3 is 20.0 Å². The number of likely N-dealkylation sites (tertiary alicyclic amines) is 1. The summed E-state index contributed by atoms with van der Waals surface area (Å²) >= 11 is 0. The van der Waals surface area contributed by atoms with E-state index in [-0.39, 0.29) is 6.03 Å². The number of piperidine rings is 1. The number of hydrogen-bond acceptors (Lipinski definition) is 3. The van der Waals surface area contributed by atoms with Gasteiger partial charge in [-0.2, -0.15) is 0 Å². The highest BCUT2D eigenvalue weighted by atomic mass is 16.2. The van der Waals surface area contributed by atoms with E-state index in [9.17, 15) is 4.79 Å². The van der Waals surface area contributed by atoms with Crippen LogP contribution in [0.3, 0.4) is 0 Å². The third kappa shape index (κ3) is 5.35. The van der Waals surface area contributed by atoms with Crippen LogP contribution >= 0.6 is 0 Å². The summed E-state index contributed by atoms with van der Waals surface area (Å²) in [5, 5.41) is 3.27. The Balaban J connectivity index is 1.71. The van der Waals surface area contributed by atoms with Crippen molar-refractivity contribution in [3.8, 4) is 0 Å². The van der Waals surface area contributed by atoms with Crippen molar-refractivity contribution >= 4 is 6.03 Å². The van der Waals surface area contributed by atoms with E-state index in [0.29, 0.717) is 23.9 Å². The molecular formula is C19H38N4O. The molecule has 0 aromatic rings. The third-order valence-corrected chi connectivity index (χ3v) is 6.46. The number of carbonyl (C=O) groups excluding carboxylic acids is 1. The van der Waals surface area contributed by atoms with Crippen molar-refractivity contribution in [3.05, 3.63) is 0 Å². The van der Waals surface area contributed by atoms with E-state index < -0.39 is 0 Å². The van der Waals surface area contributed by atoms with Crippen LogP contribution in [0.15, 0.2) is 0 Å². The maximum Gasteiger partial charge on any atom is 0.317 e. The number of likely N-dealkylation sites (N-methyl/N-ethyl adjacent to an activating group) is 2. The van der Waals surface area contributed by atoms with Gasteiger partial charge in [0.1, 0.15) is 0 Å². The maximum atomic E-state index is 12.5. The first-order valence-electron chi connectivity index (χ1n) is 9.79. The molecule has 1 heterocycles. The number of amides is 2. The summed E-state index contributed by atoms with van der Waals surface area (Å²) in [6.07, 6.45) is 6.13. The van der Waals surface area contributed by atoms with Crippen LogP contribution in [-0.2, 0) is 0 Å². The van der Waals surface area contributed by atoms with Gasteiger partial charge in [-0.3, -0.25) is 0 Å². The van der Waals surface area contributed by atoms with Crippen LogP contribution in [0.4, 0.5) is 4.79 Å². The Labute approximate surface area is 148 Å². The summed E-state index contributed by atoms with van der Waals surface area (Å²) in [6.45, 7) is 8.71. The second-order valence-corrected chi connectivity index (χ2v) is 8.26. The molecule has 2 rings (SSSR count). The Morgan fingerprint density at radius 2 is 1.75 bits per heavy atom. The van der Waals surface area contributed by atoms with Gasteiger partial charge in [-0.05, 0) is 58.3 Å². The minimum atomic E-state index is 0.0951. The normalized spacial score (nSPS) is 29.7. The van der Waals surface area contributed by atoms with Gasteiger partial charge in [0.2, 0.25) is 0 Å². The summed E-state index contributed by atoms with van der Waals surface area (Å²) in [5.74, 6) is 1.29. The first-order chi connectivity index (χ1) is 11.4. The van der Waals surface area contributed by atoms with Crippen molar-refractivity contribution in [2.24, 2.45) is 11.8 Å². The van der Waals surface area contributed by atoms with Crippen LogP contribution in [0.1, 0.15) is 46.0 Å². The van der Waals surface area contributed by atoms with Crippen molar-refractivity contribution in [1.82, 2.24) is 20.0 Å². The number of carbonyl (C=O) groups is 1. The lowest BCUT2D eigenvalue weighted by Crippen LogP contribution is -2.50. The zero-order valence-corrected chi connectivity index (χ0v) is 16.4. The minimum Gasteiger partial charge on any atom is -0.335 e. The number of urea groups is 1. The predicted octanol–water partition coefficient (Wildman–Crippen LogP) is 2.48. The molecule has 0 aromatic heterocycles. The summed E-state index contributed by atoms with van der Waals surface area (Å²) in [4.78, 5) is 19.2. The molecule has 5 heteroatoms. The second kappa shape index (κ2) is 9.04. The predicted molar refractivity (Wildman–Crippen MR) is 100 cm³/mol. The number of nitrogens with zero attached hydrogens (tertiary/aromatic N) is 3. The fourth-order valence-electron chi connectivity index (χ4n) is 4.08. The molecule has 2 amide bonds. The van der Waals surface area contributed by atoms with Crippen LogP contribution in [0.2, 0.25) is 0 Å². The Morgan fingerprint density at radius 3 is 2.42 bits per heavy atom. The molecule has 0 radical (unpaired) electrons. The van der Waals surface area contributed by atoms with Gasteiger partial charge in [-0.15, -0.1) is 0 Å². The smallest absolute Gasteiger partial charge is 0.317 e. The van der Waals surface area contributed by atoms with Crippen molar-refractivity contribution in [2.45, 2.75) is 58.0 Å². The summed E-state index contributed by atoms with van der Waals surface area (Å²) < 4.78 is 0. The summed E-state index contributed by atoms with van der Waals surface area (Å²) in [7, 11) is 6.32. The maximum absolute atomic E-state index is 12.5. The van der Waals surface area contributed by atoms with E-state index in [1.165, 1.54) is 38.8 Å². The molecule has 0 bridgehead atoms. The Kier molecular flexibility index (Phi) is 7.35. The first kappa shape index (κ1) is 19.5. The zero-order valence-electron chi connectivity index (χ0n) is 16.4. The molecule has 0 unspecified atom stereocenters. The molecule has 2 fully saturated rings. The largest absolute Gasteiger partial charge is 0.335 e. The van der Waals surface area contributed by atoms with Crippen LogP contribution in [0, 0.1) is 11.8 Å². The van der Waals surface area contributed by atoms with Gasteiger partial charge in [0.05, 0.1) is 0 Å². The van der Waals surface area contributed by atoms with E-state index in [0.717, 1.165) is 19.5 Å². The lowest BCUT2D eigenvalue weighted by molar-refractivity contribution is 0.132. The molecule has 1 saturated heterocycles. The van der Waals surface area contributed by atoms with Crippen LogP contribution in [0.25, 0.3) is 0 Å². The zero-order chi connectivity index (χ0) is 17.7. The SMILES string of the molecule is C[C@@H]1[C@H](C)CCC[C@H]1NC(=O)N(C)CCN(C)C1CCN(C)CC1. The Morgan fingerprint density at radius 1 is 1.08 bits per heavy atom. The van der Waals surface area contributed by atoms with Gasteiger partial charge in [0.15, 0.2) is 0 Å². The van der Waals surface area contributed by atoms with Crippen LogP contribution < -0.4 is 5.32 Å².